The summed E-state index contributed by atoms with van der Waals surface area (Å²) in [4.78, 5) is 14.4. The number of halogens is 1. The number of benzene rings is 3. The van der Waals surface area contributed by atoms with Gasteiger partial charge in [0.25, 0.3) is 5.91 Å². The number of carbonyl (C=O) groups is 1. The molecule has 3 aromatic carbocycles. The first-order chi connectivity index (χ1) is 16.6. The number of nitrogens with zero attached hydrogens (tertiary/aromatic N) is 1. The molecule has 0 saturated heterocycles. The number of fused-ring (bicyclic) bond motifs is 1. The van der Waals surface area contributed by atoms with Crippen molar-refractivity contribution in [2.75, 3.05) is 24.7 Å². The molecule has 0 spiro atoms. The van der Waals surface area contributed by atoms with Crippen LogP contribution >= 0.6 is 12.2 Å². The summed E-state index contributed by atoms with van der Waals surface area (Å²) in [5.41, 5.74) is 2.66. The Balaban J connectivity index is 1.22. The Morgan fingerprint density at radius 2 is 1.65 bits per heavy atom. The first kappa shape index (κ1) is 23.7. The molecule has 34 heavy (non-hydrogen) atoms. The number of hydrogen-bond donors (Lipinski definition) is 1. The molecule has 0 unspecified atom stereocenters. The summed E-state index contributed by atoms with van der Waals surface area (Å²) in [6, 6.07) is 21.0. The van der Waals surface area contributed by atoms with Crippen LogP contribution in [0.15, 0.2) is 72.8 Å². The Morgan fingerprint density at radius 1 is 0.912 bits per heavy atom. The van der Waals surface area contributed by atoms with Crippen molar-refractivity contribution in [1.29, 1.82) is 0 Å². The van der Waals surface area contributed by atoms with E-state index in [1.807, 2.05) is 41.3 Å². The summed E-state index contributed by atoms with van der Waals surface area (Å²) in [5, 5.41) is 3.23. The Bertz CT molecular complexity index is 1120. The molecule has 4 rings (SSSR count). The molecule has 1 aliphatic rings. The van der Waals surface area contributed by atoms with Gasteiger partial charge in [-0.25, -0.2) is 4.39 Å². The second kappa shape index (κ2) is 11.6. The molecule has 0 atom stereocenters. The summed E-state index contributed by atoms with van der Waals surface area (Å²) < 4.78 is 24.6. The molecule has 0 radical (unpaired) electrons. The molecule has 0 bridgehead atoms. The largest absolute Gasteiger partial charge is 0.494 e. The predicted octanol–water partition coefficient (Wildman–Crippen LogP) is 5.53. The Labute approximate surface area is 204 Å². The van der Waals surface area contributed by atoms with Gasteiger partial charge in [0.1, 0.15) is 17.3 Å². The summed E-state index contributed by atoms with van der Waals surface area (Å²) in [7, 11) is 0. The van der Waals surface area contributed by atoms with Gasteiger partial charge in [-0.2, -0.15) is 0 Å². The standard InChI is InChI=1S/C27H27FN2O3S/c28-21-12-14-22(15-13-21)32-18-5-2-6-19-33-25-11-7-10-24-23(25)16-17-30(24)27(34)29-26(31)20-8-3-1-4-9-20/h1,3-4,7-15H,2,5-6,16-19H2,(H,29,31,34). The van der Waals surface area contributed by atoms with Gasteiger partial charge in [0.05, 0.1) is 18.9 Å². The Morgan fingerprint density at radius 3 is 2.41 bits per heavy atom. The van der Waals surface area contributed by atoms with Gasteiger partial charge in [-0.3, -0.25) is 10.1 Å². The van der Waals surface area contributed by atoms with E-state index in [1.165, 1.54) is 12.1 Å². The highest BCUT2D eigenvalue weighted by molar-refractivity contribution is 7.80. The minimum atomic E-state index is -0.265. The molecule has 1 aliphatic heterocycles. The van der Waals surface area contributed by atoms with Crippen molar-refractivity contribution in [3.63, 3.8) is 0 Å². The quantitative estimate of drug-likeness (QED) is 0.324. The van der Waals surface area contributed by atoms with Gasteiger partial charge in [0.2, 0.25) is 0 Å². The molecule has 1 heterocycles. The number of ether oxygens (including phenoxy) is 2. The van der Waals surface area contributed by atoms with E-state index in [1.54, 1.807) is 24.3 Å². The van der Waals surface area contributed by atoms with E-state index in [2.05, 4.69) is 5.32 Å². The summed E-state index contributed by atoms with van der Waals surface area (Å²) in [6.07, 6.45) is 3.58. The fourth-order valence-electron chi connectivity index (χ4n) is 3.86. The van der Waals surface area contributed by atoms with E-state index < -0.39 is 0 Å². The van der Waals surface area contributed by atoms with Gasteiger partial charge < -0.3 is 14.4 Å². The van der Waals surface area contributed by atoms with E-state index >= 15 is 0 Å². The SMILES string of the molecule is O=C(NC(=S)N1CCc2c(OCCCCCOc3ccc(F)cc3)cccc21)c1ccccc1. The predicted molar refractivity (Wildman–Crippen MR) is 135 cm³/mol. The average molecular weight is 479 g/mol. The lowest BCUT2D eigenvalue weighted by Gasteiger charge is -2.21. The highest BCUT2D eigenvalue weighted by atomic mass is 32.1. The molecular weight excluding hydrogens is 451 g/mol. The van der Waals surface area contributed by atoms with Gasteiger partial charge in [-0.05, 0) is 86.4 Å². The zero-order valence-corrected chi connectivity index (χ0v) is 19.7. The molecule has 0 aromatic heterocycles. The highest BCUT2D eigenvalue weighted by Gasteiger charge is 2.26. The van der Waals surface area contributed by atoms with Crippen molar-refractivity contribution in [3.8, 4) is 11.5 Å². The summed E-state index contributed by atoms with van der Waals surface area (Å²) in [6.45, 7) is 1.90. The number of nitrogens with one attached hydrogen (secondary N) is 1. The Hall–Kier alpha value is -3.45. The van der Waals surface area contributed by atoms with Crippen LogP contribution in [0.3, 0.4) is 0 Å². The van der Waals surface area contributed by atoms with Crippen LogP contribution in [0.4, 0.5) is 10.1 Å². The van der Waals surface area contributed by atoms with Crippen LogP contribution in [-0.2, 0) is 6.42 Å². The van der Waals surface area contributed by atoms with Crippen molar-refractivity contribution < 1.29 is 18.7 Å². The fourth-order valence-corrected chi connectivity index (χ4v) is 4.14. The topological polar surface area (TPSA) is 50.8 Å². The number of carbonyl (C=O) groups excluding carboxylic acids is 1. The van der Waals surface area contributed by atoms with E-state index in [0.29, 0.717) is 36.2 Å². The number of rotatable bonds is 9. The monoisotopic (exact) mass is 478 g/mol. The maximum absolute atomic E-state index is 12.9. The lowest BCUT2D eigenvalue weighted by Crippen LogP contribution is -2.41. The van der Waals surface area contributed by atoms with E-state index in [9.17, 15) is 9.18 Å². The summed E-state index contributed by atoms with van der Waals surface area (Å²) in [5.74, 6) is 1.06. The molecule has 0 saturated carbocycles. The first-order valence-electron chi connectivity index (χ1n) is 11.4. The zero-order chi connectivity index (χ0) is 23.8. The van der Waals surface area contributed by atoms with Crippen LogP contribution in [0, 0.1) is 5.82 Å². The van der Waals surface area contributed by atoms with Gasteiger partial charge in [0, 0.05) is 17.7 Å². The molecule has 1 N–H and O–H groups in total. The molecule has 0 fully saturated rings. The molecule has 1 amide bonds. The summed E-state index contributed by atoms with van der Waals surface area (Å²) >= 11 is 5.52. The van der Waals surface area contributed by atoms with Gasteiger partial charge in [-0.15, -0.1) is 0 Å². The molecule has 3 aromatic rings. The van der Waals surface area contributed by atoms with Gasteiger partial charge >= 0.3 is 0 Å². The lowest BCUT2D eigenvalue weighted by molar-refractivity contribution is 0.0977. The first-order valence-corrected chi connectivity index (χ1v) is 11.8. The van der Waals surface area contributed by atoms with Crippen molar-refractivity contribution in [3.05, 3.63) is 89.7 Å². The third-order valence-electron chi connectivity index (χ3n) is 5.61. The number of thiocarbonyl (C=S) groups is 1. The molecule has 0 aliphatic carbocycles. The van der Waals surface area contributed by atoms with Crippen LogP contribution < -0.4 is 19.7 Å². The maximum atomic E-state index is 12.9. The van der Waals surface area contributed by atoms with Crippen molar-refractivity contribution >= 4 is 28.9 Å². The number of anilines is 1. The van der Waals surface area contributed by atoms with E-state index in [4.69, 9.17) is 21.7 Å². The molecule has 7 heteroatoms. The second-order valence-electron chi connectivity index (χ2n) is 7.99. The number of hydrogen-bond acceptors (Lipinski definition) is 4. The van der Waals surface area contributed by atoms with Crippen LogP contribution in [0.25, 0.3) is 0 Å². The van der Waals surface area contributed by atoms with E-state index in [-0.39, 0.29) is 11.7 Å². The van der Waals surface area contributed by atoms with Crippen LogP contribution in [-0.4, -0.2) is 30.8 Å². The van der Waals surface area contributed by atoms with Crippen molar-refractivity contribution in [2.24, 2.45) is 0 Å². The molecular formula is C27H27FN2O3S. The fraction of sp³-hybridized carbons (Fsp3) is 0.259. The zero-order valence-electron chi connectivity index (χ0n) is 18.8. The normalized spacial score (nSPS) is 12.2. The van der Waals surface area contributed by atoms with Crippen molar-refractivity contribution in [2.45, 2.75) is 25.7 Å². The van der Waals surface area contributed by atoms with Gasteiger partial charge in [0.15, 0.2) is 5.11 Å². The average Bonchev–Trinajstić information content (AvgIpc) is 3.30. The van der Waals surface area contributed by atoms with Crippen LogP contribution in [0.2, 0.25) is 0 Å². The van der Waals surface area contributed by atoms with Crippen molar-refractivity contribution in [1.82, 2.24) is 5.32 Å². The third kappa shape index (κ3) is 6.11. The molecule has 176 valence electrons. The maximum Gasteiger partial charge on any atom is 0.257 e. The van der Waals surface area contributed by atoms with Crippen LogP contribution in [0.1, 0.15) is 35.2 Å². The number of amides is 1. The third-order valence-corrected chi connectivity index (χ3v) is 5.94. The molecule has 5 nitrogen and oxygen atoms in total. The minimum absolute atomic E-state index is 0.213. The highest BCUT2D eigenvalue weighted by Crippen LogP contribution is 2.35. The smallest absolute Gasteiger partial charge is 0.257 e. The Kier molecular flexibility index (Phi) is 8.09. The minimum Gasteiger partial charge on any atom is -0.494 e. The lowest BCUT2D eigenvalue weighted by atomic mass is 10.1. The number of unbranched alkanes of at least 4 members (excludes halogenated alkanes) is 2. The van der Waals surface area contributed by atoms with Gasteiger partial charge in [-0.1, -0.05) is 24.3 Å². The van der Waals surface area contributed by atoms with E-state index in [0.717, 1.165) is 42.7 Å². The second-order valence-corrected chi connectivity index (χ2v) is 8.38. The van der Waals surface area contributed by atoms with Crippen LogP contribution in [0.5, 0.6) is 11.5 Å².